The van der Waals surface area contributed by atoms with Gasteiger partial charge in [0.2, 0.25) is 0 Å². The summed E-state index contributed by atoms with van der Waals surface area (Å²) in [5.74, 6) is 1.77. The molecular formula is C24H27O2P. The molecule has 0 aliphatic heterocycles. The molecule has 3 heteroatoms. The van der Waals surface area contributed by atoms with Gasteiger partial charge in [0.1, 0.15) is 11.5 Å². The van der Waals surface area contributed by atoms with Crippen molar-refractivity contribution in [2.24, 2.45) is 0 Å². The first-order valence-electron chi connectivity index (χ1n) is 9.68. The molecule has 0 spiro atoms. The zero-order valence-corrected chi connectivity index (χ0v) is 16.8. The van der Waals surface area contributed by atoms with Crippen molar-refractivity contribution in [1.29, 1.82) is 0 Å². The zero-order valence-electron chi connectivity index (χ0n) is 15.9. The minimum Gasteiger partial charge on any atom is -0.494 e. The lowest BCUT2D eigenvalue weighted by molar-refractivity contribution is 0.305. The van der Waals surface area contributed by atoms with Gasteiger partial charge in [-0.1, -0.05) is 86.8 Å². The van der Waals surface area contributed by atoms with Crippen LogP contribution in [0, 0.1) is 0 Å². The van der Waals surface area contributed by atoms with Gasteiger partial charge in [-0.05, 0) is 30.7 Å². The van der Waals surface area contributed by atoms with Crippen LogP contribution in [0.1, 0.15) is 32.6 Å². The topological polar surface area (TPSA) is 18.5 Å². The van der Waals surface area contributed by atoms with E-state index in [0.717, 1.165) is 24.5 Å². The molecule has 27 heavy (non-hydrogen) atoms. The first-order chi connectivity index (χ1) is 13.4. The number of benzene rings is 3. The zero-order chi connectivity index (χ0) is 18.7. The second kappa shape index (κ2) is 10.7. The van der Waals surface area contributed by atoms with Crippen molar-refractivity contribution in [3.63, 3.8) is 0 Å². The monoisotopic (exact) mass is 378 g/mol. The third kappa shape index (κ3) is 6.12. The van der Waals surface area contributed by atoms with E-state index in [4.69, 9.17) is 9.26 Å². The lowest BCUT2D eigenvalue weighted by atomic mass is 10.2. The molecule has 0 aliphatic rings. The highest BCUT2D eigenvalue weighted by Crippen LogP contribution is 2.37. The summed E-state index contributed by atoms with van der Waals surface area (Å²) in [5.41, 5.74) is 0. The lowest BCUT2D eigenvalue weighted by Crippen LogP contribution is -2.15. The molecule has 0 heterocycles. The number of unbranched alkanes of at least 4 members (excludes halogenated alkanes) is 3. The number of rotatable bonds is 10. The summed E-state index contributed by atoms with van der Waals surface area (Å²) >= 11 is 0. The Labute approximate surface area is 164 Å². The van der Waals surface area contributed by atoms with Gasteiger partial charge >= 0.3 is 0 Å². The van der Waals surface area contributed by atoms with Crippen LogP contribution >= 0.6 is 8.15 Å². The molecule has 3 aromatic rings. The van der Waals surface area contributed by atoms with Crippen LogP contribution < -0.4 is 19.9 Å². The molecule has 140 valence electrons. The Bertz CT molecular complexity index is 733. The molecular weight excluding hydrogens is 351 g/mol. The molecule has 3 aromatic carbocycles. The third-order valence-electron chi connectivity index (χ3n) is 4.27. The molecule has 0 atom stereocenters. The van der Waals surface area contributed by atoms with Crippen LogP contribution in [0.15, 0.2) is 84.9 Å². The van der Waals surface area contributed by atoms with Gasteiger partial charge in [-0.3, -0.25) is 0 Å². The molecule has 0 radical (unpaired) electrons. The van der Waals surface area contributed by atoms with E-state index in [2.05, 4.69) is 55.5 Å². The van der Waals surface area contributed by atoms with Crippen LogP contribution in [0.2, 0.25) is 0 Å². The predicted molar refractivity (Wildman–Crippen MR) is 116 cm³/mol. The Morgan fingerprint density at radius 2 is 1.19 bits per heavy atom. The van der Waals surface area contributed by atoms with Gasteiger partial charge in [0.05, 0.1) is 6.61 Å². The van der Waals surface area contributed by atoms with Crippen molar-refractivity contribution in [2.75, 3.05) is 6.61 Å². The van der Waals surface area contributed by atoms with Crippen molar-refractivity contribution < 1.29 is 9.26 Å². The Balaban J connectivity index is 1.66. The number of ether oxygens (including phenoxy) is 1. The van der Waals surface area contributed by atoms with E-state index in [1.54, 1.807) is 0 Å². The third-order valence-corrected chi connectivity index (χ3v) is 6.20. The highest BCUT2D eigenvalue weighted by Gasteiger charge is 2.16. The summed E-state index contributed by atoms with van der Waals surface area (Å²) < 4.78 is 12.2. The minimum absolute atomic E-state index is 0.779. The van der Waals surface area contributed by atoms with Gasteiger partial charge in [-0.2, -0.15) is 0 Å². The van der Waals surface area contributed by atoms with Gasteiger partial charge in [0, 0.05) is 10.6 Å². The minimum atomic E-state index is -0.896. The SMILES string of the molecule is CCCCCCOc1ccc(OP(c2ccccc2)c2ccccc2)cc1. The molecule has 0 fully saturated rings. The summed E-state index contributed by atoms with van der Waals surface area (Å²) in [6, 6.07) is 28.8. The van der Waals surface area contributed by atoms with Gasteiger partial charge in [-0.25, -0.2) is 0 Å². The molecule has 3 rings (SSSR count). The van der Waals surface area contributed by atoms with Crippen LogP contribution in [0.4, 0.5) is 0 Å². The van der Waals surface area contributed by atoms with Crippen LogP contribution in [0.3, 0.4) is 0 Å². The van der Waals surface area contributed by atoms with E-state index in [1.807, 2.05) is 36.4 Å². The highest BCUT2D eigenvalue weighted by molar-refractivity contribution is 7.68. The van der Waals surface area contributed by atoms with Crippen molar-refractivity contribution in [1.82, 2.24) is 0 Å². The van der Waals surface area contributed by atoms with E-state index in [1.165, 1.54) is 29.9 Å². The van der Waals surface area contributed by atoms with Crippen LogP contribution in [-0.2, 0) is 0 Å². The lowest BCUT2D eigenvalue weighted by Gasteiger charge is -2.19. The largest absolute Gasteiger partial charge is 0.494 e. The number of hydrogen-bond donors (Lipinski definition) is 0. The van der Waals surface area contributed by atoms with Gasteiger partial charge in [0.25, 0.3) is 0 Å². The second-order valence-corrected chi connectivity index (χ2v) is 8.24. The molecule has 0 aromatic heterocycles. The Morgan fingerprint density at radius 3 is 1.74 bits per heavy atom. The first kappa shape index (κ1) is 19.5. The molecule has 0 N–H and O–H groups in total. The smallest absolute Gasteiger partial charge is 0.150 e. The Kier molecular flexibility index (Phi) is 7.74. The van der Waals surface area contributed by atoms with Crippen molar-refractivity contribution in [3.05, 3.63) is 84.9 Å². The normalized spacial score (nSPS) is 10.7. The Morgan fingerprint density at radius 1 is 0.630 bits per heavy atom. The van der Waals surface area contributed by atoms with Crippen molar-refractivity contribution in [2.45, 2.75) is 32.6 Å². The molecule has 0 bridgehead atoms. The summed E-state index contributed by atoms with van der Waals surface area (Å²) in [5, 5.41) is 2.41. The van der Waals surface area contributed by atoms with Crippen LogP contribution in [0.25, 0.3) is 0 Å². The molecule has 0 saturated heterocycles. The average Bonchev–Trinajstić information content (AvgIpc) is 2.74. The van der Waals surface area contributed by atoms with E-state index in [9.17, 15) is 0 Å². The maximum Gasteiger partial charge on any atom is 0.150 e. The van der Waals surface area contributed by atoms with E-state index in [0.29, 0.717) is 0 Å². The fraction of sp³-hybridized carbons (Fsp3) is 0.250. The quantitative estimate of drug-likeness (QED) is 0.315. The van der Waals surface area contributed by atoms with Crippen molar-refractivity contribution >= 4 is 18.8 Å². The van der Waals surface area contributed by atoms with Crippen molar-refractivity contribution in [3.8, 4) is 11.5 Å². The molecule has 0 aliphatic carbocycles. The van der Waals surface area contributed by atoms with Crippen LogP contribution in [0.5, 0.6) is 11.5 Å². The summed E-state index contributed by atoms with van der Waals surface area (Å²) in [4.78, 5) is 0. The van der Waals surface area contributed by atoms with Gasteiger partial charge < -0.3 is 9.26 Å². The molecule has 0 amide bonds. The summed E-state index contributed by atoms with van der Waals surface area (Å²) in [6.07, 6.45) is 4.87. The fourth-order valence-corrected chi connectivity index (χ4v) is 4.53. The number of hydrogen-bond acceptors (Lipinski definition) is 2. The fourth-order valence-electron chi connectivity index (χ4n) is 2.80. The van der Waals surface area contributed by atoms with Crippen LogP contribution in [-0.4, -0.2) is 6.61 Å². The maximum atomic E-state index is 6.41. The summed E-state index contributed by atoms with van der Waals surface area (Å²) in [7, 11) is -0.896. The summed E-state index contributed by atoms with van der Waals surface area (Å²) in [6.45, 7) is 3.00. The molecule has 2 nitrogen and oxygen atoms in total. The molecule has 0 unspecified atom stereocenters. The van der Waals surface area contributed by atoms with Gasteiger partial charge in [0.15, 0.2) is 8.15 Å². The predicted octanol–water partition coefficient (Wildman–Crippen LogP) is 6.07. The maximum absolute atomic E-state index is 6.41. The standard InChI is InChI=1S/C24H27O2P/c1-2-3-4-11-20-25-21-16-18-22(19-17-21)26-27(23-12-7-5-8-13-23)24-14-9-6-10-15-24/h5-10,12-19H,2-4,11,20H2,1H3. The van der Waals surface area contributed by atoms with Gasteiger partial charge in [-0.15, -0.1) is 0 Å². The average molecular weight is 378 g/mol. The Hall–Kier alpha value is -2.31. The van der Waals surface area contributed by atoms with E-state index < -0.39 is 8.15 Å². The van der Waals surface area contributed by atoms with E-state index in [-0.39, 0.29) is 0 Å². The second-order valence-electron chi connectivity index (χ2n) is 6.44. The highest BCUT2D eigenvalue weighted by atomic mass is 31.1. The molecule has 0 saturated carbocycles. The first-order valence-corrected chi connectivity index (χ1v) is 10.9. The van der Waals surface area contributed by atoms with E-state index >= 15 is 0 Å².